The van der Waals surface area contributed by atoms with E-state index in [0.29, 0.717) is 47.9 Å². The first-order valence-electron chi connectivity index (χ1n) is 33.6. The van der Waals surface area contributed by atoms with Crippen LogP contribution in [0.5, 0.6) is 0 Å². The summed E-state index contributed by atoms with van der Waals surface area (Å²) in [6.45, 7) is 8.65. The molecule has 3 heterocycles. The lowest BCUT2D eigenvalue weighted by molar-refractivity contribution is -0.136. The molecule has 2 unspecified atom stereocenters. The minimum absolute atomic E-state index is 0.0687. The number of nitrogens with zero attached hydrogens (tertiary/aromatic N) is 4. The second-order valence-corrected chi connectivity index (χ2v) is 26.9. The van der Waals surface area contributed by atoms with Crippen LogP contribution < -0.4 is 21.3 Å². The van der Waals surface area contributed by atoms with E-state index in [1.54, 1.807) is 30.3 Å². The molecule has 6 amide bonds. The van der Waals surface area contributed by atoms with E-state index >= 15 is 0 Å². The maximum absolute atomic E-state index is 14.2. The number of oxime groups is 2. The minimum Gasteiger partial charge on any atom is -0.448 e. The summed E-state index contributed by atoms with van der Waals surface area (Å²) in [7, 11) is 2.95. The number of halogens is 2. The lowest BCUT2D eigenvalue weighted by atomic mass is 9.91. The summed E-state index contributed by atoms with van der Waals surface area (Å²) in [6, 6.07) is 44.6. The largest absolute Gasteiger partial charge is 0.448 e. The zero-order valence-corrected chi connectivity index (χ0v) is 57.0. The smallest absolute Gasteiger partial charge is 0.410 e. The summed E-state index contributed by atoms with van der Waals surface area (Å²) in [4.78, 5) is 89.8. The standard InChI is InChI=1S/C38H41ClN4O6.C31H37N3O5.C7H6ClNO/c1-3-9-31(34(47-2)36(45)40-25-16-17-25)41-35(44)33-20-38(19-32(42-49-38)23-10-8-11-24(39)18-23)22-43(33)37(46)48-21-30-28-14-6-4-12-26(28)27-13-5-7-15-29(27)30;1-4-9-26(28(38-3)30(36)32-20-14-15-20)33-29(35)27-16-19(2)17-34(27)31(37)39-18-25-23-12-7-5-10-21(23)22-11-6-8-13-24(22)25;8-7-3-1-2-6(4-7)5-9-10/h4-8,10-15,18,25,30-31,33-34H,3,9,16-17,19-22H2,1-2H3,(H,40,45)(H,41,44);5-8,10-13,20,25-28H,2,4,9,14-18H2,1,3H3,(H,32,36)(H,33,35);1-5,10H/b;;9-5+/t31-,33+,34?,38-;26-,27+,28?;/m11./s1. The molecular formula is C76H84Cl2N8O12. The van der Waals surface area contributed by atoms with Crippen molar-refractivity contribution in [2.75, 3.05) is 40.5 Å². The number of fused-ring (bicyclic) bond motifs is 6. The van der Waals surface area contributed by atoms with Gasteiger partial charge in [0.2, 0.25) is 11.8 Å². The molecule has 7 aliphatic rings. The van der Waals surface area contributed by atoms with Crippen molar-refractivity contribution >= 4 is 70.9 Å². The van der Waals surface area contributed by atoms with Crippen molar-refractivity contribution in [2.24, 2.45) is 10.3 Å². The number of rotatable bonds is 22. The molecule has 13 rings (SSSR count). The number of likely N-dealkylation sites (tertiary alicyclic amines) is 2. The van der Waals surface area contributed by atoms with Gasteiger partial charge in [0.25, 0.3) is 11.8 Å². The highest BCUT2D eigenvalue weighted by Gasteiger charge is 2.55. The van der Waals surface area contributed by atoms with E-state index in [1.165, 1.54) is 30.2 Å². The Morgan fingerprint density at radius 3 is 1.55 bits per heavy atom. The minimum atomic E-state index is -0.935. The van der Waals surface area contributed by atoms with Crippen LogP contribution in [0.1, 0.15) is 130 Å². The van der Waals surface area contributed by atoms with Crippen LogP contribution in [0, 0.1) is 0 Å². The van der Waals surface area contributed by atoms with Gasteiger partial charge in [-0.15, -0.1) is 0 Å². The van der Waals surface area contributed by atoms with Crippen LogP contribution in [0.3, 0.4) is 0 Å². The number of ether oxygens (including phenoxy) is 4. The molecule has 4 fully saturated rings. The highest BCUT2D eigenvalue weighted by Crippen LogP contribution is 2.47. The molecule has 6 aromatic rings. The van der Waals surface area contributed by atoms with Crippen LogP contribution in [0.25, 0.3) is 22.3 Å². The van der Waals surface area contributed by atoms with Crippen LogP contribution in [0.4, 0.5) is 9.59 Å². The van der Waals surface area contributed by atoms with E-state index in [4.69, 9.17) is 52.2 Å². The number of amides is 6. The predicted molar refractivity (Wildman–Crippen MR) is 374 cm³/mol. The Labute approximate surface area is 581 Å². The number of methoxy groups -OCH3 is 2. The van der Waals surface area contributed by atoms with Crippen LogP contribution >= 0.6 is 23.2 Å². The number of hydrogen-bond acceptors (Lipinski definition) is 14. The van der Waals surface area contributed by atoms with Gasteiger partial charge in [0.15, 0.2) is 17.8 Å². The van der Waals surface area contributed by atoms with Gasteiger partial charge in [-0.25, -0.2) is 9.59 Å². The molecule has 0 radical (unpaired) electrons. The van der Waals surface area contributed by atoms with E-state index in [2.05, 4.69) is 86.7 Å². The van der Waals surface area contributed by atoms with E-state index in [1.807, 2.05) is 80.6 Å². The summed E-state index contributed by atoms with van der Waals surface area (Å²) in [6.07, 6.45) is 5.78. The fourth-order valence-electron chi connectivity index (χ4n) is 13.9. The first-order valence-corrected chi connectivity index (χ1v) is 34.4. The van der Waals surface area contributed by atoms with E-state index in [9.17, 15) is 28.8 Å². The number of nitrogens with one attached hydrogen (secondary N) is 4. The van der Waals surface area contributed by atoms with Crippen LogP contribution in [-0.2, 0) is 43.0 Å². The average molecular weight is 1370 g/mol. The summed E-state index contributed by atoms with van der Waals surface area (Å²) in [5, 5.41) is 28.6. The topological polar surface area (TPSA) is 248 Å². The Kier molecular flexibility index (Phi) is 23.0. The van der Waals surface area contributed by atoms with Gasteiger partial charge in [0, 0.05) is 73.1 Å². The van der Waals surface area contributed by atoms with Crippen molar-refractivity contribution in [3.63, 3.8) is 0 Å². The third-order valence-corrected chi connectivity index (χ3v) is 19.4. The van der Waals surface area contributed by atoms with Gasteiger partial charge < -0.3 is 50.3 Å². The normalized spacial score (nSPS) is 20.0. The molecule has 7 atom stereocenters. The number of benzene rings is 6. The molecule has 1 spiro atoms. The van der Waals surface area contributed by atoms with Crippen molar-refractivity contribution in [1.82, 2.24) is 31.1 Å². The Bertz CT molecular complexity index is 3880. The van der Waals surface area contributed by atoms with Gasteiger partial charge in [0.05, 0.1) is 30.6 Å². The molecule has 6 aromatic carbocycles. The van der Waals surface area contributed by atoms with Gasteiger partial charge in [-0.3, -0.25) is 29.0 Å². The Morgan fingerprint density at radius 1 is 0.643 bits per heavy atom. The molecule has 514 valence electrons. The molecule has 20 nitrogen and oxygen atoms in total. The number of carbonyl (C=O) groups excluding carboxylic acids is 6. The maximum Gasteiger partial charge on any atom is 0.410 e. The van der Waals surface area contributed by atoms with Gasteiger partial charge in [-0.1, -0.05) is 194 Å². The van der Waals surface area contributed by atoms with E-state index in [-0.39, 0.29) is 74.4 Å². The third kappa shape index (κ3) is 16.5. The van der Waals surface area contributed by atoms with Crippen molar-refractivity contribution in [3.8, 4) is 22.3 Å². The number of hydrogen-bond donors (Lipinski definition) is 5. The van der Waals surface area contributed by atoms with Gasteiger partial charge in [-0.05, 0) is 119 Å². The Balaban J connectivity index is 0.000000177. The van der Waals surface area contributed by atoms with Crippen molar-refractivity contribution in [2.45, 2.75) is 150 Å². The monoisotopic (exact) mass is 1370 g/mol. The molecule has 0 bridgehead atoms. The lowest BCUT2D eigenvalue weighted by Gasteiger charge is -2.29. The number of carbonyl (C=O) groups is 6. The molecule has 22 heteroatoms. The highest BCUT2D eigenvalue weighted by molar-refractivity contribution is 6.31. The highest BCUT2D eigenvalue weighted by atomic mass is 35.5. The second kappa shape index (κ2) is 32.1. The molecule has 2 saturated carbocycles. The maximum atomic E-state index is 14.2. The fraction of sp³-hybridized carbons (Fsp3) is 0.395. The van der Waals surface area contributed by atoms with E-state index < -0.39 is 60.1 Å². The fourth-order valence-corrected chi connectivity index (χ4v) is 14.2. The zero-order valence-electron chi connectivity index (χ0n) is 55.5. The third-order valence-electron chi connectivity index (χ3n) is 18.9. The average Bonchev–Trinajstić information content (AvgIpc) is 1.62. The molecule has 4 aliphatic carbocycles. The Hall–Kier alpha value is -9.08. The van der Waals surface area contributed by atoms with Crippen molar-refractivity contribution in [3.05, 3.63) is 201 Å². The van der Waals surface area contributed by atoms with E-state index in [0.717, 1.165) is 93.3 Å². The van der Waals surface area contributed by atoms with Gasteiger partial charge in [0.1, 0.15) is 25.3 Å². The summed E-state index contributed by atoms with van der Waals surface area (Å²) in [5.41, 5.74) is 11.2. The predicted octanol–water partition coefficient (Wildman–Crippen LogP) is 12.1. The van der Waals surface area contributed by atoms with Crippen LogP contribution in [0.15, 0.2) is 168 Å². The van der Waals surface area contributed by atoms with Gasteiger partial charge in [-0.2, -0.15) is 0 Å². The quantitative estimate of drug-likeness (QED) is 0.0184. The molecule has 2 saturated heterocycles. The molecular weight excluding hydrogens is 1290 g/mol. The molecule has 3 aliphatic heterocycles. The van der Waals surface area contributed by atoms with Crippen molar-refractivity contribution < 1.29 is 57.8 Å². The second-order valence-electron chi connectivity index (χ2n) is 26.0. The Morgan fingerprint density at radius 2 is 1.10 bits per heavy atom. The molecule has 98 heavy (non-hydrogen) atoms. The SMILES string of the molecule is C=C1C[C@@H](C(=O)N[C@H](CCC)C(OC)C(=O)NC2CC2)N(C(=O)OCC2c3ccccc3-c3ccccc32)C1.CCC[C@@H](NC(=O)[C@@H]1C[C@]2(CC(c3cccc(Cl)c3)=NO2)CN1C(=O)OCC1c2ccccc2-c2ccccc21)C(OC)C(=O)NC1CC1.O/N=C/c1cccc(Cl)c1. The zero-order chi connectivity index (χ0) is 69.0. The first kappa shape index (κ1) is 70.2. The molecule has 0 aromatic heterocycles. The summed E-state index contributed by atoms with van der Waals surface area (Å²) in [5.74, 6) is -1.41. The van der Waals surface area contributed by atoms with Gasteiger partial charge >= 0.3 is 12.2 Å². The van der Waals surface area contributed by atoms with Crippen LogP contribution in [-0.4, -0.2) is 157 Å². The first-order chi connectivity index (χ1) is 47.5. The lowest BCUT2D eigenvalue weighted by Crippen LogP contribution is -2.55. The summed E-state index contributed by atoms with van der Waals surface area (Å²) < 4.78 is 23.0. The van der Waals surface area contributed by atoms with Crippen LogP contribution in [0.2, 0.25) is 10.0 Å². The van der Waals surface area contributed by atoms with Crippen molar-refractivity contribution in [1.29, 1.82) is 0 Å². The molecule has 5 N–H and O–H groups in total. The summed E-state index contributed by atoms with van der Waals surface area (Å²) >= 11 is 11.9.